The van der Waals surface area contributed by atoms with Gasteiger partial charge in [0, 0.05) is 25.4 Å². The number of amides is 1. The second-order valence-electron chi connectivity index (χ2n) is 6.29. The van der Waals surface area contributed by atoms with Gasteiger partial charge in [-0.15, -0.1) is 0 Å². The zero-order valence-electron chi connectivity index (χ0n) is 14.1. The third-order valence-corrected chi connectivity index (χ3v) is 3.99. The molecule has 0 aliphatic carbocycles. The zero-order chi connectivity index (χ0) is 16.9. The summed E-state index contributed by atoms with van der Waals surface area (Å²) in [5.41, 5.74) is 2.11. The van der Waals surface area contributed by atoms with Crippen LogP contribution in [0.3, 0.4) is 0 Å². The van der Waals surface area contributed by atoms with E-state index in [0.29, 0.717) is 19.6 Å². The Morgan fingerprint density at radius 3 is 2.83 bits per heavy atom. The summed E-state index contributed by atoms with van der Waals surface area (Å²) in [4.78, 5) is 18.5. The molecule has 0 bridgehead atoms. The lowest BCUT2D eigenvalue weighted by Crippen LogP contribution is -2.49. The van der Waals surface area contributed by atoms with E-state index in [9.17, 15) is 4.79 Å². The fourth-order valence-corrected chi connectivity index (χ4v) is 2.96. The van der Waals surface area contributed by atoms with Crippen LogP contribution in [0.15, 0.2) is 48.7 Å². The summed E-state index contributed by atoms with van der Waals surface area (Å²) in [6.07, 6.45) is 1.88. The minimum atomic E-state index is 0.0526. The van der Waals surface area contributed by atoms with Crippen LogP contribution >= 0.6 is 0 Å². The molecule has 24 heavy (non-hydrogen) atoms. The van der Waals surface area contributed by atoms with E-state index >= 15 is 0 Å². The summed E-state index contributed by atoms with van der Waals surface area (Å²) in [6, 6.07) is 14.2. The van der Waals surface area contributed by atoms with E-state index in [1.54, 1.807) is 6.20 Å². The third-order valence-electron chi connectivity index (χ3n) is 3.99. The number of nitrogens with zero attached hydrogens (tertiary/aromatic N) is 2. The Morgan fingerprint density at radius 1 is 1.29 bits per heavy atom. The maximum Gasteiger partial charge on any atom is 0.234 e. The number of piperazine rings is 1. The molecule has 1 amide bonds. The first kappa shape index (κ1) is 16.5. The van der Waals surface area contributed by atoms with Gasteiger partial charge in [0.2, 0.25) is 5.91 Å². The molecule has 2 heterocycles. The minimum Gasteiger partial charge on any atom is -0.491 e. The normalized spacial score (nSPS) is 18.5. The van der Waals surface area contributed by atoms with Crippen molar-refractivity contribution < 1.29 is 9.53 Å². The van der Waals surface area contributed by atoms with E-state index in [-0.39, 0.29) is 18.1 Å². The van der Waals surface area contributed by atoms with Gasteiger partial charge in [0.15, 0.2) is 0 Å². The van der Waals surface area contributed by atoms with Gasteiger partial charge >= 0.3 is 0 Å². The maximum absolute atomic E-state index is 11.9. The van der Waals surface area contributed by atoms with Crippen molar-refractivity contribution in [1.82, 2.24) is 15.2 Å². The molecule has 0 saturated carbocycles. The summed E-state index contributed by atoms with van der Waals surface area (Å²) < 4.78 is 5.74. The van der Waals surface area contributed by atoms with Crippen LogP contribution in [0, 0.1) is 0 Å². The van der Waals surface area contributed by atoms with E-state index in [1.165, 1.54) is 5.56 Å². The molecule has 0 radical (unpaired) electrons. The highest BCUT2D eigenvalue weighted by Gasteiger charge is 2.28. The quantitative estimate of drug-likeness (QED) is 0.918. The molecular formula is C19H23N3O2. The molecule has 1 saturated heterocycles. The van der Waals surface area contributed by atoms with Crippen molar-refractivity contribution in [2.24, 2.45) is 0 Å². The van der Waals surface area contributed by atoms with Gasteiger partial charge in [0.25, 0.3) is 0 Å². The van der Waals surface area contributed by atoms with Crippen LogP contribution < -0.4 is 10.1 Å². The number of nitrogens with one attached hydrogen (secondary N) is 1. The van der Waals surface area contributed by atoms with Crippen molar-refractivity contribution in [3.8, 4) is 5.75 Å². The number of aromatic nitrogens is 1. The van der Waals surface area contributed by atoms with Gasteiger partial charge in [0.05, 0.1) is 24.4 Å². The molecule has 0 spiro atoms. The number of hydrogen-bond donors (Lipinski definition) is 1. The van der Waals surface area contributed by atoms with Gasteiger partial charge in [0.1, 0.15) is 5.75 Å². The topological polar surface area (TPSA) is 54.5 Å². The number of carbonyl (C=O) groups is 1. The predicted molar refractivity (Wildman–Crippen MR) is 92.6 cm³/mol. The molecule has 1 N–H and O–H groups in total. The monoisotopic (exact) mass is 325 g/mol. The van der Waals surface area contributed by atoms with Crippen LogP contribution in [0.4, 0.5) is 0 Å². The molecule has 2 aromatic rings. The largest absolute Gasteiger partial charge is 0.491 e. The summed E-state index contributed by atoms with van der Waals surface area (Å²) >= 11 is 0. The number of hydrogen-bond acceptors (Lipinski definition) is 4. The summed E-state index contributed by atoms with van der Waals surface area (Å²) in [7, 11) is 0. The van der Waals surface area contributed by atoms with Gasteiger partial charge in [-0.3, -0.25) is 14.7 Å². The lowest BCUT2D eigenvalue weighted by molar-refractivity contribution is -0.125. The van der Waals surface area contributed by atoms with Gasteiger partial charge < -0.3 is 10.1 Å². The van der Waals surface area contributed by atoms with Gasteiger partial charge in [-0.25, -0.2) is 0 Å². The van der Waals surface area contributed by atoms with E-state index in [2.05, 4.69) is 27.3 Å². The summed E-state index contributed by atoms with van der Waals surface area (Å²) in [5.74, 6) is 0.865. The average Bonchev–Trinajstić information content (AvgIpc) is 2.55. The van der Waals surface area contributed by atoms with Crippen molar-refractivity contribution in [1.29, 1.82) is 0 Å². The molecular weight excluding hydrogens is 302 g/mol. The van der Waals surface area contributed by atoms with Crippen molar-refractivity contribution in [2.75, 3.05) is 13.1 Å². The Balaban J connectivity index is 1.79. The van der Waals surface area contributed by atoms with Crippen molar-refractivity contribution >= 4 is 5.91 Å². The van der Waals surface area contributed by atoms with Crippen LogP contribution in [-0.4, -0.2) is 35.0 Å². The Bertz CT molecular complexity index is 688. The highest BCUT2D eigenvalue weighted by Crippen LogP contribution is 2.24. The molecule has 1 aliphatic rings. The van der Waals surface area contributed by atoms with Crippen LogP contribution in [0.25, 0.3) is 0 Å². The highest BCUT2D eigenvalue weighted by molar-refractivity contribution is 5.79. The van der Waals surface area contributed by atoms with Gasteiger partial charge in [-0.05, 0) is 25.5 Å². The van der Waals surface area contributed by atoms with Crippen LogP contribution in [0.1, 0.15) is 31.1 Å². The van der Waals surface area contributed by atoms with Crippen molar-refractivity contribution in [3.05, 3.63) is 59.9 Å². The average molecular weight is 325 g/mol. The fourth-order valence-electron chi connectivity index (χ4n) is 2.96. The van der Waals surface area contributed by atoms with E-state index in [0.717, 1.165) is 11.4 Å². The minimum absolute atomic E-state index is 0.0526. The molecule has 5 nitrogen and oxygen atoms in total. The molecule has 126 valence electrons. The lowest BCUT2D eigenvalue weighted by atomic mass is 10.0. The van der Waals surface area contributed by atoms with Crippen molar-refractivity contribution in [3.63, 3.8) is 0 Å². The standard InChI is InChI=1S/C19H23N3O2/c1-14(2)24-17-8-9-20-16(10-17)12-22-13-19(23)21-11-18(22)15-6-4-3-5-7-15/h3-10,14,18H,11-13H2,1-2H3,(H,21,23). The molecule has 1 unspecified atom stereocenters. The SMILES string of the molecule is CC(C)Oc1ccnc(CN2CC(=O)NCC2c2ccccc2)c1. The molecule has 5 heteroatoms. The number of ether oxygens (including phenoxy) is 1. The summed E-state index contributed by atoms with van der Waals surface area (Å²) in [6.45, 7) is 5.60. The fraction of sp³-hybridized carbons (Fsp3) is 0.368. The van der Waals surface area contributed by atoms with Crippen molar-refractivity contribution in [2.45, 2.75) is 32.5 Å². The number of benzene rings is 1. The van der Waals surface area contributed by atoms with E-state index in [4.69, 9.17) is 4.74 Å². The zero-order valence-corrected chi connectivity index (χ0v) is 14.1. The molecule has 1 aromatic heterocycles. The smallest absolute Gasteiger partial charge is 0.234 e. The van der Waals surface area contributed by atoms with E-state index in [1.807, 2.05) is 44.2 Å². The van der Waals surface area contributed by atoms with Gasteiger partial charge in [-0.1, -0.05) is 30.3 Å². The molecule has 1 aromatic carbocycles. The number of rotatable bonds is 5. The lowest BCUT2D eigenvalue weighted by Gasteiger charge is -2.35. The highest BCUT2D eigenvalue weighted by atomic mass is 16.5. The molecule has 1 fully saturated rings. The van der Waals surface area contributed by atoms with Crippen LogP contribution in [0.2, 0.25) is 0 Å². The molecule has 3 rings (SSSR count). The van der Waals surface area contributed by atoms with E-state index < -0.39 is 0 Å². The van der Waals surface area contributed by atoms with Gasteiger partial charge in [-0.2, -0.15) is 0 Å². The first-order valence-electron chi connectivity index (χ1n) is 8.29. The number of carbonyl (C=O) groups excluding carboxylic acids is 1. The first-order valence-corrected chi connectivity index (χ1v) is 8.29. The third kappa shape index (κ3) is 4.11. The Morgan fingerprint density at radius 2 is 2.08 bits per heavy atom. The Hall–Kier alpha value is -2.40. The maximum atomic E-state index is 11.9. The van der Waals surface area contributed by atoms with Crippen LogP contribution in [-0.2, 0) is 11.3 Å². The first-order chi connectivity index (χ1) is 11.6. The molecule has 1 atom stereocenters. The predicted octanol–water partition coefficient (Wildman–Crippen LogP) is 2.54. The Kier molecular flexibility index (Phi) is 5.11. The second kappa shape index (κ2) is 7.45. The summed E-state index contributed by atoms with van der Waals surface area (Å²) in [5, 5.41) is 2.96. The van der Waals surface area contributed by atoms with Crippen LogP contribution in [0.5, 0.6) is 5.75 Å². The Labute approximate surface area is 142 Å². The second-order valence-corrected chi connectivity index (χ2v) is 6.29. The number of pyridine rings is 1. The molecule has 1 aliphatic heterocycles.